The molecule has 2 fully saturated rings. The summed E-state index contributed by atoms with van der Waals surface area (Å²) in [6, 6.07) is 0.618. The summed E-state index contributed by atoms with van der Waals surface area (Å²) in [4.78, 5) is 0. The topological polar surface area (TPSA) is 32.3 Å². The van der Waals surface area contributed by atoms with Crippen LogP contribution in [0, 0.1) is 0 Å². The molecule has 58 valence electrons. The molecule has 0 saturated carbocycles. The van der Waals surface area contributed by atoms with Gasteiger partial charge in [-0.3, -0.25) is 5.32 Å². The molecule has 2 atom stereocenters. The fraction of sp³-hybridized carbons (Fsp3) is 1.00. The van der Waals surface area contributed by atoms with E-state index >= 15 is 0 Å². The minimum atomic E-state index is -0.471. The molecule has 2 heterocycles. The van der Waals surface area contributed by atoms with Gasteiger partial charge in [-0.25, -0.2) is 0 Å². The standard InChI is InChI=1S/C8H15NO/c10-8-5-2-1-3-7(9-8)4-6-8/h7,9-10H,1-6H2/t7-,8-/m1/s1. The first-order valence-electron chi connectivity index (χ1n) is 4.29. The molecule has 2 nitrogen and oxygen atoms in total. The Hall–Kier alpha value is -0.0800. The highest BCUT2D eigenvalue weighted by Crippen LogP contribution is 2.31. The summed E-state index contributed by atoms with van der Waals surface area (Å²) in [5, 5.41) is 13.1. The minimum absolute atomic E-state index is 0.471. The third-order valence-electron chi connectivity index (χ3n) is 2.77. The Morgan fingerprint density at radius 2 is 2.10 bits per heavy atom. The lowest BCUT2D eigenvalue weighted by molar-refractivity contribution is 0.0149. The van der Waals surface area contributed by atoms with Gasteiger partial charge in [0.15, 0.2) is 0 Å². The molecule has 0 aromatic heterocycles. The van der Waals surface area contributed by atoms with Gasteiger partial charge < -0.3 is 5.11 Å². The van der Waals surface area contributed by atoms with E-state index in [1.807, 2.05) is 0 Å². The highest BCUT2D eigenvalue weighted by atomic mass is 16.3. The molecule has 0 amide bonds. The molecule has 0 unspecified atom stereocenters. The third-order valence-corrected chi connectivity index (χ3v) is 2.77. The van der Waals surface area contributed by atoms with Crippen molar-refractivity contribution in [2.45, 2.75) is 50.3 Å². The molecule has 2 aliphatic rings. The summed E-state index contributed by atoms with van der Waals surface area (Å²) < 4.78 is 0. The van der Waals surface area contributed by atoms with Crippen LogP contribution < -0.4 is 5.32 Å². The summed E-state index contributed by atoms with van der Waals surface area (Å²) in [6.07, 6.45) is 6.86. The lowest BCUT2D eigenvalue weighted by Gasteiger charge is -2.21. The van der Waals surface area contributed by atoms with Crippen LogP contribution in [0.4, 0.5) is 0 Å². The second kappa shape index (κ2) is 2.21. The average Bonchev–Trinajstić information content (AvgIpc) is 2.11. The van der Waals surface area contributed by atoms with E-state index in [0.29, 0.717) is 6.04 Å². The largest absolute Gasteiger partial charge is 0.376 e. The molecule has 0 aromatic carbocycles. The van der Waals surface area contributed by atoms with Gasteiger partial charge in [-0.15, -0.1) is 0 Å². The van der Waals surface area contributed by atoms with Crippen molar-refractivity contribution < 1.29 is 5.11 Å². The number of aliphatic hydroxyl groups is 1. The smallest absolute Gasteiger partial charge is 0.116 e. The first kappa shape index (κ1) is 6.62. The van der Waals surface area contributed by atoms with Gasteiger partial charge in [0.25, 0.3) is 0 Å². The van der Waals surface area contributed by atoms with Crippen LogP contribution in [-0.2, 0) is 0 Å². The predicted octanol–water partition coefficient (Wildman–Crippen LogP) is 1.00. The third kappa shape index (κ3) is 1.06. The van der Waals surface area contributed by atoms with Gasteiger partial charge in [0.1, 0.15) is 5.72 Å². The van der Waals surface area contributed by atoms with Gasteiger partial charge in [-0.2, -0.15) is 0 Å². The van der Waals surface area contributed by atoms with Gasteiger partial charge in [0, 0.05) is 6.04 Å². The zero-order valence-corrected chi connectivity index (χ0v) is 6.27. The average molecular weight is 141 g/mol. The zero-order chi connectivity index (χ0) is 7.03. The lowest BCUT2D eigenvalue weighted by Crippen LogP contribution is -2.41. The second-order valence-electron chi connectivity index (χ2n) is 3.66. The summed E-state index contributed by atoms with van der Waals surface area (Å²) >= 11 is 0. The molecule has 0 aliphatic carbocycles. The van der Waals surface area contributed by atoms with E-state index in [0.717, 1.165) is 12.8 Å². The maximum Gasteiger partial charge on any atom is 0.116 e. The van der Waals surface area contributed by atoms with Gasteiger partial charge in [0.2, 0.25) is 0 Å². The highest BCUT2D eigenvalue weighted by molar-refractivity contribution is 4.91. The number of fused-ring (bicyclic) bond motifs is 2. The molecule has 0 radical (unpaired) electrons. The van der Waals surface area contributed by atoms with Crippen LogP contribution in [0.5, 0.6) is 0 Å². The van der Waals surface area contributed by atoms with E-state index in [4.69, 9.17) is 0 Å². The summed E-state index contributed by atoms with van der Waals surface area (Å²) in [7, 11) is 0. The van der Waals surface area contributed by atoms with Gasteiger partial charge >= 0.3 is 0 Å². The van der Waals surface area contributed by atoms with Crippen LogP contribution in [0.3, 0.4) is 0 Å². The van der Waals surface area contributed by atoms with Crippen molar-refractivity contribution in [1.82, 2.24) is 5.32 Å². The second-order valence-corrected chi connectivity index (χ2v) is 3.66. The van der Waals surface area contributed by atoms with E-state index in [1.54, 1.807) is 0 Å². The molecule has 2 rings (SSSR count). The van der Waals surface area contributed by atoms with E-state index in [2.05, 4.69) is 5.32 Å². The number of nitrogens with one attached hydrogen (secondary N) is 1. The van der Waals surface area contributed by atoms with E-state index in [1.165, 1.54) is 25.7 Å². The Morgan fingerprint density at radius 3 is 3.00 bits per heavy atom. The van der Waals surface area contributed by atoms with E-state index < -0.39 is 5.72 Å². The first-order chi connectivity index (χ1) is 4.79. The number of hydrogen-bond donors (Lipinski definition) is 2. The molecule has 0 aromatic rings. The number of hydrogen-bond acceptors (Lipinski definition) is 2. The summed E-state index contributed by atoms with van der Waals surface area (Å²) in [6.45, 7) is 0. The lowest BCUT2D eigenvalue weighted by atomic mass is 9.99. The highest BCUT2D eigenvalue weighted by Gasteiger charge is 2.37. The fourth-order valence-electron chi connectivity index (χ4n) is 2.16. The van der Waals surface area contributed by atoms with Crippen LogP contribution in [0.25, 0.3) is 0 Å². The van der Waals surface area contributed by atoms with Crippen LogP contribution in [0.15, 0.2) is 0 Å². The normalized spacial score (nSPS) is 47.1. The molecular weight excluding hydrogens is 126 g/mol. The van der Waals surface area contributed by atoms with Crippen LogP contribution in [0.2, 0.25) is 0 Å². The Balaban J connectivity index is 2.09. The van der Waals surface area contributed by atoms with Crippen LogP contribution in [0.1, 0.15) is 38.5 Å². The summed E-state index contributed by atoms with van der Waals surface area (Å²) in [5.41, 5.74) is -0.471. The van der Waals surface area contributed by atoms with E-state index in [9.17, 15) is 5.11 Å². The molecular formula is C8H15NO. The van der Waals surface area contributed by atoms with Crippen LogP contribution in [-0.4, -0.2) is 16.9 Å². The van der Waals surface area contributed by atoms with Crippen molar-refractivity contribution >= 4 is 0 Å². The van der Waals surface area contributed by atoms with E-state index in [-0.39, 0.29) is 0 Å². The molecule has 2 saturated heterocycles. The molecule has 2 bridgehead atoms. The van der Waals surface area contributed by atoms with Crippen LogP contribution >= 0.6 is 0 Å². The van der Waals surface area contributed by atoms with Crippen molar-refractivity contribution in [3.05, 3.63) is 0 Å². The summed E-state index contributed by atoms with van der Waals surface area (Å²) in [5.74, 6) is 0. The van der Waals surface area contributed by atoms with Gasteiger partial charge in [-0.1, -0.05) is 6.42 Å². The zero-order valence-electron chi connectivity index (χ0n) is 6.27. The SMILES string of the molecule is O[C@]12CCCC[C@H](CC1)N2. The molecule has 2 N–H and O–H groups in total. The van der Waals surface area contributed by atoms with Crippen molar-refractivity contribution in [1.29, 1.82) is 0 Å². The fourth-order valence-corrected chi connectivity index (χ4v) is 2.16. The van der Waals surface area contributed by atoms with Crippen molar-refractivity contribution in [2.24, 2.45) is 0 Å². The molecule has 2 heteroatoms. The van der Waals surface area contributed by atoms with Crippen molar-refractivity contribution in [3.8, 4) is 0 Å². The Labute approximate surface area is 61.6 Å². The van der Waals surface area contributed by atoms with Crippen molar-refractivity contribution in [3.63, 3.8) is 0 Å². The van der Waals surface area contributed by atoms with Crippen molar-refractivity contribution in [2.75, 3.05) is 0 Å². The van der Waals surface area contributed by atoms with Gasteiger partial charge in [-0.05, 0) is 32.1 Å². The quantitative estimate of drug-likeness (QED) is 0.527. The maximum absolute atomic E-state index is 9.79. The monoisotopic (exact) mass is 141 g/mol. The Morgan fingerprint density at radius 1 is 1.20 bits per heavy atom. The molecule has 2 aliphatic heterocycles. The van der Waals surface area contributed by atoms with Gasteiger partial charge in [0.05, 0.1) is 0 Å². The minimum Gasteiger partial charge on any atom is -0.376 e. The first-order valence-corrected chi connectivity index (χ1v) is 4.29. The number of rotatable bonds is 0. The Bertz CT molecular complexity index is 135. The predicted molar refractivity (Wildman–Crippen MR) is 39.6 cm³/mol. The molecule has 0 spiro atoms. The maximum atomic E-state index is 9.79. The molecule has 10 heavy (non-hydrogen) atoms. The Kier molecular flexibility index (Phi) is 1.46.